The number of sulfonamides is 1. The molecule has 0 saturated carbocycles. The third-order valence-corrected chi connectivity index (χ3v) is 5.80. The molecule has 3 rings (SSSR count). The molecule has 14 heteroatoms. The van der Waals surface area contributed by atoms with Gasteiger partial charge in [0.05, 0.1) is 21.7 Å². The lowest BCUT2D eigenvalue weighted by Gasteiger charge is -2.19. The third-order valence-electron chi connectivity index (χ3n) is 4.43. The van der Waals surface area contributed by atoms with Crippen LogP contribution in [0.4, 0.5) is 49.6 Å². The first-order valence-corrected chi connectivity index (χ1v) is 10.3. The van der Waals surface area contributed by atoms with Crippen LogP contribution in [0.25, 0.3) is 11.1 Å². The van der Waals surface area contributed by atoms with Crippen molar-refractivity contribution in [1.29, 1.82) is 0 Å². The van der Waals surface area contributed by atoms with Crippen LogP contribution < -0.4 is 4.72 Å². The van der Waals surface area contributed by atoms with Crippen LogP contribution in [0.3, 0.4) is 0 Å². The monoisotopic (exact) mass is 517 g/mol. The number of nitrogens with one attached hydrogen (secondary N) is 1. The summed E-state index contributed by atoms with van der Waals surface area (Å²) in [6.07, 6.45) is -10.8. The molecular weight excluding hydrogens is 508 g/mol. The summed E-state index contributed by atoms with van der Waals surface area (Å²) in [5.74, 6) is -9.94. The summed E-state index contributed by atoms with van der Waals surface area (Å²) in [5.41, 5.74) is -8.82. The van der Waals surface area contributed by atoms with Crippen LogP contribution in [0.5, 0.6) is 0 Å². The molecule has 0 atom stereocenters. The number of rotatable bonds is 4. The standard InChI is InChI=1S/C20H9F10NO2S/c21-14-13(9-6-10(19(25,26)27)8-11(7-9)20(28,29)30)18(17(24)16(23)15(14)22)31-34(32,33)12-4-2-1-3-5-12/h1-8,31H. The molecule has 0 aliphatic carbocycles. The Morgan fingerprint density at radius 1 is 0.647 bits per heavy atom. The van der Waals surface area contributed by atoms with Gasteiger partial charge in [-0.3, -0.25) is 4.72 Å². The summed E-state index contributed by atoms with van der Waals surface area (Å²) in [4.78, 5) is -0.606. The lowest BCUT2D eigenvalue weighted by atomic mass is 9.97. The number of halogens is 10. The molecule has 3 aromatic carbocycles. The average Bonchev–Trinajstić information content (AvgIpc) is 2.75. The van der Waals surface area contributed by atoms with Gasteiger partial charge in [-0.15, -0.1) is 0 Å². The lowest BCUT2D eigenvalue weighted by molar-refractivity contribution is -0.143. The highest BCUT2D eigenvalue weighted by molar-refractivity contribution is 7.92. The Hall–Kier alpha value is -3.29. The van der Waals surface area contributed by atoms with Gasteiger partial charge in [-0.2, -0.15) is 26.3 Å². The smallest absolute Gasteiger partial charge is 0.276 e. The van der Waals surface area contributed by atoms with Crippen LogP contribution in [-0.4, -0.2) is 8.42 Å². The van der Waals surface area contributed by atoms with E-state index in [1.165, 1.54) is 22.9 Å². The molecule has 0 spiro atoms. The Kier molecular flexibility index (Phi) is 6.33. The van der Waals surface area contributed by atoms with E-state index in [-0.39, 0.29) is 18.2 Å². The third kappa shape index (κ3) is 4.81. The number of benzene rings is 3. The van der Waals surface area contributed by atoms with Gasteiger partial charge in [0, 0.05) is 5.56 Å². The zero-order valence-electron chi connectivity index (χ0n) is 16.1. The van der Waals surface area contributed by atoms with Gasteiger partial charge in [0.1, 0.15) is 0 Å². The maximum atomic E-state index is 14.6. The molecule has 3 nitrogen and oxygen atoms in total. The largest absolute Gasteiger partial charge is 0.416 e. The van der Waals surface area contributed by atoms with Gasteiger partial charge in [-0.1, -0.05) is 18.2 Å². The van der Waals surface area contributed by atoms with E-state index >= 15 is 0 Å². The number of anilines is 1. The molecule has 0 heterocycles. The SMILES string of the molecule is O=S(=O)(Nc1c(F)c(F)c(F)c(F)c1-c1cc(C(F)(F)F)cc(C(F)(F)F)c1)c1ccccc1. The van der Waals surface area contributed by atoms with E-state index < -0.39 is 78.5 Å². The Morgan fingerprint density at radius 3 is 1.59 bits per heavy atom. The van der Waals surface area contributed by atoms with Gasteiger partial charge in [0.15, 0.2) is 23.3 Å². The highest BCUT2D eigenvalue weighted by atomic mass is 32.2. The summed E-state index contributed by atoms with van der Waals surface area (Å²) in [7, 11) is -4.88. The number of hydrogen-bond acceptors (Lipinski definition) is 2. The van der Waals surface area contributed by atoms with E-state index in [1.807, 2.05) is 0 Å². The maximum Gasteiger partial charge on any atom is 0.416 e. The quantitative estimate of drug-likeness (QED) is 0.237. The topological polar surface area (TPSA) is 46.2 Å². The normalized spacial score (nSPS) is 12.6. The lowest BCUT2D eigenvalue weighted by Crippen LogP contribution is -2.17. The van der Waals surface area contributed by atoms with Crippen LogP contribution in [-0.2, 0) is 22.4 Å². The van der Waals surface area contributed by atoms with E-state index in [0.717, 1.165) is 12.1 Å². The molecule has 0 radical (unpaired) electrons. The molecule has 0 unspecified atom stereocenters. The van der Waals surface area contributed by atoms with Gasteiger partial charge in [-0.05, 0) is 35.9 Å². The van der Waals surface area contributed by atoms with E-state index in [9.17, 15) is 52.3 Å². The Labute approximate surface area is 184 Å². The molecule has 1 N–H and O–H groups in total. The van der Waals surface area contributed by atoms with Crippen LogP contribution >= 0.6 is 0 Å². The van der Waals surface area contributed by atoms with Crippen molar-refractivity contribution in [3.05, 3.63) is 82.9 Å². The molecule has 0 bridgehead atoms. The maximum absolute atomic E-state index is 14.6. The minimum absolute atomic E-state index is 0.0925. The Bertz CT molecular complexity index is 1320. The minimum Gasteiger partial charge on any atom is -0.276 e. The summed E-state index contributed by atoms with van der Waals surface area (Å²) in [6, 6.07) is 5.12. The molecule has 3 aromatic rings. The predicted molar refractivity (Wildman–Crippen MR) is 99.0 cm³/mol. The van der Waals surface area contributed by atoms with Crippen molar-refractivity contribution in [3.8, 4) is 11.1 Å². The number of hydrogen-bond donors (Lipinski definition) is 1. The molecule has 0 aliphatic rings. The second-order valence-electron chi connectivity index (χ2n) is 6.72. The molecule has 0 aliphatic heterocycles. The van der Waals surface area contributed by atoms with Crippen molar-refractivity contribution < 1.29 is 52.3 Å². The summed E-state index contributed by atoms with van der Waals surface area (Å²) in [5, 5.41) is 0. The molecule has 182 valence electrons. The predicted octanol–water partition coefficient (Wildman–Crippen LogP) is 6.75. The van der Waals surface area contributed by atoms with Crippen molar-refractivity contribution in [2.45, 2.75) is 17.2 Å². The fourth-order valence-electron chi connectivity index (χ4n) is 2.89. The fraction of sp³-hybridized carbons (Fsp3) is 0.100. The van der Waals surface area contributed by atoms with Crippen LogP contribution in [0, 0.1) is 23.3 Å². The van der Waals surface area contributed by atoms with Gasteiger partial charge in [-0.25, -0.2) is 26.0 Å². The Morgan fingerprint density at radius 2 is 1.12 bits per heavy atom. The van der Waals surface area contributed by atoms with Crippen molar-refractivity contribution in [2.24, 2.45) is 0 Å². The van der Waals surface area contributed by atoms with Crippen molar-refractivity contribution in [3.63, 3.8) is 0 Å². The van der Waals surface area contributed by atoms with Gasteiger partial charge < -0.3 is 0 Å². The first kappa shape index (κ1) is 25.3. The van der Waals surface area contributed by atoms with Crippen molar-refractivity contribution >= 4 is 15.7 Å². The second kappa shape index (κ2) is 8.49. The highest BCUT2D eigenvalue weighted by Crippen LogP contribution is 2.43. The van der Waals surface area contributed by atoms with Gasteiger partial charge in [0.25, 0.3) is 10.0 Å². The van der Waals surface area contributed by atoms with E-state index in [0.29, 0.717) is 0 Å². The van der Waals surface area contributed by atoms with Crippen LogP contribution in [0.2, 0.25) is 0 Å². The highest BCUT2D eigenvalue weighted by Gasteiger charge is 2.38. The van der Waals surface area contributed by atoms with Gasteiger partial charge >= 0.3 is 12.4 Å². The zero-order valence-corrected chi connectivity index (χ0v) is 16.9. The van der Waals surface area contributed by atoms with Crippen molar-refractivity contribution in [2.75, 3.05) is 4.72 Å². The minimum atomic E-state index is -5.42. The Balaban J connectivity index is 2.38. The van der Waals surface area contributed by atoms with Crippen LogP contribution in [0.15, 0.2) is 53.4 Å². The summed E-state index contributed by atoms with van der Waals surface area (Å²) in [6.45, 7) is 0. The molecular formula is C20H9F10NO2S. The molecule has 34 heavy (non-hydrogen) atoms. The molecule has 0 amide bonds. The molecule has 0 aromatic heterocycles. The summed E-state index contributed by atoms with van der Waals surface area (Å²) < 4.78 is 163. The first-order valence-electron chi connectivity index (χ1n) is 8.77. The second-order valence-corrected chi connectivity index (χ2v) is 8.40. The fourth-order valence-corrected chi connectivity index (χ4v) is 3.98. The average molecular weight is 517 g/mol. The first-order chi connectivity index (χ1) is 15.5. The molecule has 0 fully saturated rings. The van der Waals surface area contributed by atoms with E-state index in [2.05, 4.69) is 0 Å². The van der Waals surface area contributed by atoms with Crippen LogP contribution in [0.1, 0.15) is 11.1 Å². The molecule has 0 saturated heterocycles. The van der Waals surface area contributed by atoms with E-state index in [1.54, 1.807) is 0 Å². The number of alkyl halides is 6. The zero-order chi connectivity index (χ0) is 25.6. The van der Waals surface area contributed by atoms with E-state index in [4.69, 9.17) is 0 Å². The summed E-state index contributed by atoms with van der Waals surface area (Å²) >= 11 is 0. The van der Waals surface area contributed by atoms with Gasteiger partial charge in [0.2, 0.25) is 0 Å². The van der Waals surface area contributed by atoms with Crippen molar-refractivity contribution in [1.82, 2.24) is 0 Å².